The van der Waals surface area contributed by atoms with Crippen molar-refractivity contribution in [2.24, 2.45) is 0 Å². The molecule has 0 fully saturated rings. The van der Waals surface area contributed by atoms with Gasteiger partial charge in [0.1, 0.15) is 0 Å². The van der Waals surface area contributed by atoms with Crippen molar-refractivity contribution in [3.8, 4) is 11.3 Å². The van der Waals surface area contributed by atoms with Gasteiger partial charge in [-0.3, -0.25) is 4.98 Å². The summed E-state index contributed by atoms with van der Waals surface area (Å²) in [5.74, 6) is 0.518. The molecule has 0 unspecified atom stereocenters. The summed E-state index contributed by atoms with van der Waals surface area (Å²) in [6, 6.07) is 33.0. The molecule has 5 rings (SSSR count). The Morgan fingerprint density at radius 1 is 0.742 bits per heavy atom. The van der Waals surface area contributed by atoms with Gasteiger partial charge in [0.15, 0.2) is 0 Å². The monoisotopic (exact) mass is 421 g/mol. The van der Waals surface area contributed by atoms with Crippen molar-refractivity contribution in [2.75, 3.05) is 6.16 Å². The van der Waals surface area contributed by atoms with E-state index >= 15 is 0 Å². The molecule has 0 radical (unpaired) electrons. The predicted molar refractivity (Wildman–Crippen MR) is 134 cm³/mol. The van der Waals surface area contributed by atoms with Gasteiger partial charge < -0.3 is 0 Å². The highest BCUT2D eigenvalue weighted by Crippen LogP contribution is 2.45. The Bertz CT molecular complexity index is 1150. The Labute approximate surface area is 187 Å². The molecule has 4 aromatic rings. The maximum atomic E-state index is 5.20. The van der Waals surface area contributed by atoms with Crippen molar-refractivity contribution < 1.29 is 0 Å². The summed E-state index contributed by atoms with van der Waals surface area (Å²) in [4.78, 5) is 5.20. The Morgan fingerprint density at radius 3 is 2.00 bits per heavy atom. The van der Waals surface area contributed by atoms with Crippen molar-refractivity contribution >= 4 is 18.5 Å². The summed E-state index contributed by atoms with van der Waals surface area (Å²) < 4.78 is 0. The Balaban J connectivity index is 1.53. The van der Waals surface area contributed by atoms with Crippen LogP contribution in [0.1, 0.15) is 34.7 Å². The van der Waals surface area contributed by atoms with Crippen LogP contribution in [0.25, 0.3) is 11.3 Å². The van der Waals surface area contributed by atoms with E-state index < -0.39 is 7.92 Å². The molecule has 0 saturated carbocycles. The first-order valence-corrected chi connectivity index (χ1v) is 12.7. The summed E-state index contributed by atoms with van der Waals surface area (Å²) in [6.07, 6.45) is 3.52. The third-order valence-electron chi connectivity index (χ3n) is 6.45. The third kappa shape index (κ3) is 4.08. The lowest BCUT2D eigenvalue weighted by Crippen LogP contribution is -2.21. The average Bonchev–Trinajstić information content (AvgIpc) is 3.21. The fourth-order valence-electron chi connectivity index (χ4n) is 4.76. The van der Waals surface area contributed by atoms with E-state index in [1.807, 2.05) is 0 Å². The molecular formula is C29H28NP. The summed E-state index contributed by atoms with van der Waals surface area (Å²) >= 11 is 0. The maximum absolute atomic E-state index is 5.20. The fraction of sp³-hybridized carbons (Fsp3) is 0.207. The van der Waals surface area contributed by atoms with Crippen molar-refractivity contribution in [1.82, 2.24) is 4.98 Å². The van der Waals surface area contributed by atoms with E-state index in [-0.39, 0.29) is 0 Å². The fourth-order valence-corrected chi connectivity index (χ4v) is 7.74. The number of pyridine rings is 1. The van der Waals surface area contributed by atoms with Gasteiger partial charge in [-0.15, -0.1) is 0 Å². The van der Waals surface area contributed by atoms with Gasteiger partial charge in [0.05, 0.1) is 5.69 Å². The molecule has 0 amide bonds. The van der Waals surface area contributed by atoms with Crippen LogP contribution in [-0.4, -0.2) is 11.1 Å². The second kappa shape index (κ2) is 8.77. The van der Waals surface area contributed by atoms with Crippen molar-refractivity contribution in [3.05, 3.63) is 113 Å². The molecule has 1 aromatic heterocycles. The van der Waals surface area contributed by atoms with Gasteiger partial charge in [-0.1, -0.05) is 84.9 Å². The quantitative estimate of drug-likeness (QED) is 0.334. The lowest BCUT2D eigenvalue weighted by atomic mass is 10.1. The minimum absolute atomic E-state index is 0.432. The standard InChI is InChI=1S/C29H28NP/c1-21-10-6-8-14-27(21)31(28-15-9-7-11-22(28)2)20-25-17-16-24-18-19-26(30-29(24)25)23-12-4-3-5-13-23/h3-15,18-19,25H,16-17,20H2,1-2H3/t25-/m1/s1. The normalized spacial score (nSPS) is 15.3. The zero-order valence-corrected chi connectivity index (χ0v) is 19.1. The highest BCUT2D eigenvalue weighted by atomic mass is 31.1. The van der Waals surface area contributed by atoms with Gasteiger partial charge in [0.25, 0.3) is 0 Å². The van der Waals surface area contributed by atoms with Crippen LogP contribution in [0.2, 0.25) is 0 Å². The van der Waals surface area contributed by atoms with Crippen LogP contribution in [0.3, 0.4) is 0 Å². The number of hydrogen-bond donors (Lipinski definition) is 0. The molecule has 1 aliphatic rings. The number of aryl methyl sites for hydroxylation is 3. The number of fused-ring (bicyclic) bond motifs is 1. The highest BCUT2D eigenvalue weighted by Gasteiger charge is 2.29. The summed E-state index contributed by atoms with van der Waals surface area (Å²) in [6.45, 7) is 4.52. The average molecular weight is 422 g/mol. The van der Waals surface area contributed by atoms with Crippen LogP contribution in [0.5, 0.6) is 0 Å². The zero-order valence-electron chi connectivity index (χ0n) is 18.3. The first kappa shape index (κ1) is 20.2. The lowest BCUT2D eigenvalue weighted by Gasteiger charge is -2.25. The van der Waals surface area contributed by atoms with E-state index in [0.717, 1.165) is 12.1 Å². The summed E-state index contributed by atoms with van der Waals surface area (Å²) in [5, 5.41) is 3.03. The Morgan fingerprint density at radius 2 is 1.35 bits per heavy atom. The van der Waals surface area contributed by atoms with Crippen molar-refractivity contribution in [2.45, 2.75) is 32.6 Å². The van der Waals surface area contributed by atoms with Crippen LogP contribution < -0.4 is 10.6 Å². The van der Waals surface area contributed by atoms with Crippen LogP contribution in [0.4, 0.5) is 0 Å². The van der Waals surface area contributed by atoms with Crippen LogP contribution >= 0.6 is 7.92 Å². The van der Waals surface area contributed by atoms with Crippen LogP contribution in [0.15, 0.2) is 91.0 Å². The van der Waals surface area contributed by atoms with Gasteiger partial charge in [0, 0.05) is 17.2 Å². The van der Waals surface area contributed by atoms with Gasteiger partial charge >= 0.3 is 0 Å². The lowest BCUT2D eigenvalue weighted by molar-refractivity contribution is 0.739. The molecule has 0 spiro atoms. The zero-order chi connectivity index (χ0) is 21.2. The summed E-state index contributed by atoms with van der Waals surface area (Å²) in [5.41, 5.74) is 7.88. The smallest absolute Gasteiger partial charge is 0.0705 e. The molecule has 0 aliphatic heterocycles. The molecule has 1 atom stereocenters. The second-order valence-corrected chi connectivity index (χ2v) is 10.7. The number of hydrogen-bond acceptors (Lipinski definition) is 1. The molecule has 0 bridgehead atoms. The molecule has 1 aliphatic carbocycles. The minimum Gasteiger partial charge on any atom is -0.252 e. The van der Waals surface area contributed by atoms with Crippen molar-refractivity contribution in [3.63, 3.8) is 0 Å². The predicted octanol–water partition coefficient (Wildman–Crippen LogP) is 6.53. The SMILES string of the molecule is Cc1ccccc1P(C[C@H]1CCc2ccc(-c3ccccc3)nc21)c1ccccc1C. The first-order chi connectivity index (χ1) is 15.2. The largest absolute Gasteiger partial charge is 0.252 e. The van der Waals surface area contributed by atoms with Gasteiger partial charge in [0.2, 0.25) is 0 Å². The molecule has 0 saturated heterocycles. The van der Waals surface area contributed by atoms with Crippen molar-refractivity contribution in [1.29, 1.82) is 0 Å². The topological polar surface area (TPSA) is 12.9 Å². The first-order valence-electron chi connectivity index (χ1n) is 11.1. The molecule has 3 aromatic carbocycles. The van der Waals surface area contributed by atoms with E-state index in [1.165, 1.54) is 51.1 Å². The summed E-state index contributed by atoms with van der Waals surface area (Å²) in [7, 11) is -0.432. The number of aromatic nitrogens is 1. The maximum Gasteiger partial charge on any atom is 0.0705 e. The van der Waals surface area contributed by atoms with Crippen LogP contribution in [0, 0.1) is 13.8 Å². The molecule has 31 heavy (non-hydrogen) atoms. The molecular weight excluding hydrogens is 393 g/mol. The van der Waals surface area contributed by atoms with Crippen LogP contribution in [-0.2, 0) is 6.42 Å². The molecule has 1 nitrogen and oxygen atoms in total. The molecule has 0 N–H and O–H groups in total. The highest BCUT2D eigenvalue weighted by molar-refractivity contribution is 7.73. The second-order valence-electron chi connectivity index (χ2n) is 8.53. The van der Waals surface area contributed by atoms with E-state index in [4.69, 9.17) is 4.98 Å². The minimum atomic E-state index is -0.432. The molecule has 154 valence electrons. The number of benzene rings is 3. The number of rotatable bonds is 5. The molecule has 1 heterocycles. The van der Waals surface area contributed by atoms with Gasteiger partial charge in [-0.05, 0) is 74.1 Å². The van der Waals surface area contributed by atoms with E-state index in [0.29, 0.717) is 5.92 Å². The third-order valence-corrected chi connectivity index (χ3v) is 9.42. The van der Waals surface area contributed by atoms with Gasteiger partial charge in [-0.25, -0.2) is 0 Å². The molecule has 2 heteroatoms. The Kier molecular flexibility index (Phi) is 5.70. The van der Waals surface area contributed by atoms with E-state index in [1.54, 1.807) is 0 Å². The Hall–Kier alpha value is -2.76. The van der Waals surface area contributed by atoms with Gasteiger partial charge in [-0.2, -0.15) is 0 Å². The van der Waals surface area contributed by atoms with E-state index in [9.17, 15) is 0 Å². The number of nitrogens with zero attached hydrogens (tertiary/aromatic N) is 1. The van der Waals surface area contributed by atoms with E-state index in [2.05, 4.69) is 105 Å².